The lowest BCUT2D eigenvalue weighted by Gasteiger charge is -2.29. The van der Waals surface area contributed by atoms with Crippen LogP contribution in [0.25, 0.3) is 0 Å². The summed E-state index contributed by atoms with van der Waals surface area (Å²) in [6.45, 7) is 0.827. The van der Waals surface area contributed by atoms with E-state index >= 15 is 0 Å². The highest BCUT2D eigenvalue weighted by atomic mass is 19.4. The van der Waals surface area contributed by atoms with Crippen molar-refractivity contribution in [3.05, 3.63) is 71.5 Å². The van der Waals surface area contributed by atoms with Gasteiger partial charge in [-0.2, -0.15) is 13.2 Å². The molecule has 0 fully saturated rings. The Hall–Kier alpha value is -3.51. The summed E-state index contributed by atoms with van der Waals surface area (Å²) in [5.74, 6) is -3.54. The van der Waals surface area contributed by atoms with Gasteiger partial charge in [-0.3, -0.25) is 9.59 Å². The van der Waals surface area contributed by atoms with Crippen molar-refractivity contribution in [3.8, 4) is 0 Å². The quantitative estimate of drug-likeness (QED) is 0.304. The number of likely N-dealkylation sites (N-methyl/N-ethyl adjacent to an activating group) is 1. The van der Waals surface area contributed by atoms with E-state index in [1.54, 1.807) is 19.2 Å². The first-order chi connectivity index (χ1) is 17.9. The molecule has 0 aliphatic heterocycles. The average Bonchev–Trinajstić information content (AvgIpc) is 2.88. The van der Waals surface area contributed by atoms with Crippen LogP contribution < -0.4 is 16.8 Å². The molecule has 0 saturated carbocycles. The van der Waals surface area contributed by atoms with Crippen LogP contribution in [0.5, 0.6) is 0 Å². The zero-order valence-electron chi connectivity index (χ0n) is 21.1. The predicted octanol–water partition coefficient (Wildman–Crippen LogP) is 2.64. The summed E-state index contributed by atoms with van der Waals surface area (Å²) in [4.78, 5) is 36.0. The van der Waals surface area contributed by atoms with Crippen molar-refractivity contribution in [3.63, 3.8) is 0 Å². The number of halogens is 4. The fourth-order valence-corrected chi connectivity index (χ4v) is 3.42. The molecule has 0 radical (unpaired) electrons. The molecular weight excluding hydrogens is 508 g/mol. The largest absolute Gasteiger partial charge is 0.490 e. The maximum absolute atomic E-state index is 13.0. The van der Waals surface area contributed by atoms with Crippen LogP contribution in [-0.4, -0.2) is 66.2 Å². The van der Waals surface area contributed by atoms with E-state index < -0.39 is 24.2 Å². The molecule has 8 nitrogen and oxygen atoms in total. The van der Waals surface area contributed by atoms with Gasteiger partial charge in [0.15, 0.2) is 0 Å². The fourth-order valence-electron chi connectivity index (χ4n) is 3.42. The first kappa shape index (κ1) is 32.5. The van der Waals surface area contributed by atoms with Crippen LogP contribution in [0, 0.1) is 5.82 Å². The van der Waals surface area contributed by atoms with E-state index in [0.717, 1.165) is 11.1 Å². The Labute approximate surface area is 219 Å². The van der Waals surface area contributed by atoms with E-state index in [1.165, 1.54) is 17.0 Å². The van der Waals surface area contributed by atoms with Crippen LogP contribution >= 0.6 is 0 Å². The number of carboxylic acids is 1. The van der Waals surface area contributed by atoms with Gasteiger partial charge in [-0.05, 0) is 61.9 Å². The number of benzene rings is 2. The van der Waals surface area contributed by atoms with Crippen molar-refractivity contribution in [2.45, 2.75) is 50.4 Å². The predicted molar refractivity (Wildman–Crippen MR) is 134 cm³/mol. The third-order valence-electron chi connectivity index (χ3n) is 5.57. The van der Waals surface area contributed by atoms with Gasteiger partial charge in [0, 0.05) is 13.6 Å². The van der Waals surface area contributed by atoms with Crippen molar-refractivity contribution in [1.82, 2.24) is 10.2 Å². The summed E-state index contributed by atoms with van der Waals surface area (Å²) in [6, 6.07) is 14.7. The van der Waals surface area contributed by atoms with Gasteiger partial charge in [0.1, 0.15) is 11.9 Å². The molecule has 2 rings (SSSR count). The monoisotopic (exact) mass is 542 g/mol. The van der Waals surface area contributed by atoms with Gasteiger partial charge in [-0.25, -0.2) is 9.18 Å². The number of amides is 2. The smallest absolute Gasteiger partial charge is 0.475 e. The normalized spacial score (nSPS) is 12.5. The van der Waals surface area contributed by atoms with Crippen LogP contribution in [0.15, 0.2) is 54.6 Å². The highest BCUT2D eigenvalue weighted by molar-refractivity contribution is 5.89. The Morgan fingerprint density at radius 1 is 0.974 bits per heavy atom. The Bertz CT molecular complexity index is 1000. The lowest BCUT2D eigenvalue weighted by molar-refractivity contribution is -0.192. The second-order valence-electron chi connectivity index (χ2n) is 8.50. The second kappa shape index (κ2) is 16.4. The van der Waals surface area contributed by atoms with E-state index in [2.05, 4.69) is 5.32 Å². The highest BCUT2D eigenvalue weighted by Gasteiger charge is 2.38. The third-order valence-corrected chi connectivity index (χ3v) is 5.57. The third kappa shape index (κ3) is 12.2. The molecule has 2 amide bonds. The van der Waals surface area contributed by atoms with Gasteiger partial charge in [0.05, 0.1) is 6.04 Å². The summed E-state index contributed by atoms with van der Waals surface area (Å²) in [5.41, 5.74) is 13.8. The molecule has 0 aliphatic rings. The van der Waals surface area contributed by atoms with E-state index in [-0.39, 0.29) is 17.6 Å². The van der Waals surface area contributed by atoms with Crippen molar-refractivity contribution in [1.29, 1.82) is 0 Å². The molecule has 12 heteroatoms. The molecule has 210 valence electrons. The lowest BCUT2D eigenvalue weighted by Crippen LogP contribution is -2.52. The van der Waals surface area contributed by atoms with Gasteiger partial charge < -0.3 is 26.8 Å². The molecule has 0 saturated heterocycles. The zero-order chi connectivity index (χ0) is 28.7. The standard InChI is InChI=1S/C24H33FN4O2.C2HF3O2/c1-29(24(31)21(27)14-11-18-6-3-2-4-7-18)22(8-5-16-26)23(30)28-17-15-19-9-12-20(25)13-10-19;3-2(4,5)1(6)7/h2-4,6-7,9-10,12-13,21-22H,5,8,11,14-17,26-27H2,1H3,(H,28,30);(H,6,7)/t21-,22-;/m0./s1. The van der Waals surface area contributed by atoms with Crippen molar-refractivity contribution >= 4 is 17.8 Å². The van der Waals surface area contributed by atoms with Crippen LogP contribution in [-0.2, 0) is 27.2 Å². The van der Waals surface area contributed by atoms with Crippen molar-refractivity contribution < 1.29 is 37.1 Å². The zero-order valence-corrected chi connectivity index (χ0v) is 21.1. The number of hydrogen-bond acceptors (Lipinski definition) is 5. The van der Waals surface area contributed by atoms with Gasteiger partial charge in [0.25, 0.3) is 0 Å². The number of nitrogens with one attached hydrogen (secondary N) is 1. The minimum atomic E-state index is -5.08. The summed E-state index contributed by atoms with van der Waals surface area (Å²) in [6.07, 6.45) is -2.23. The van der Waals surface area contributed by atoms with Crippen LogP contribution in [0.3, 0.4) is 0 Å². The van der Waals surface area contributed by atoms with Gasteiger partial charge >= 0.3 is 12.1 Å². The number of alkyl halides is 3. The van der Waals surface area contributed by atoms with Crippen LogP contribution in [0.2, 0.25) is 0 Å². The van der Waals surface area contributed by atoms with Gasteiger partial charge in [-0.15, -0.1) is 0 Å². The molecule has 6 N–H and O–H groups in total. The second-order valence-corrected chi connectivity index (χ2v) is 8.50. The van der Waals surface area contributed by atoms with E-state index in [0.29, 0.717) is 45.2 Å². The number of nitrogens with two attached hydrogens (primary N) is 2. The summed E-state index contributed by atoms with van der Waals surface area (Å²) < 4.78 is 44.8. The fraction of sp³-hybridized carbons (Fsp3) is 0.423. The lowest BCUT2D eigenvalue weighted by atomic mass is 10.0. The van der Waals surface area contributed by atoms with Crippen LogP contribution in [0.1, 0.15) is 30.4 Å². The molecule has 0 aromatic heterocycles. The Kier molecular flexibility index (Phi) is 14.0. The molecule has 2 aromatic rings. The molecule has 0 heterocycles. The maximum atomic E-state index is 13.0. The molecule has 0 aliphatic carbocycles. The molecule has 0 unspecified atom stereocenters. The first-order valence-electron chi connectivity index (χ1n) is 11.9. The summed E-state index contributed by atoms with van der Waals surface area (Å²) in [7, 11) is 1.62. The Balaban J connectivity index is 0.000000905. The number of nitrogens with zero attached hydrogens (tertiary/aromatic N) is 1. The van der Waals surface area contributed by atoms with Crippen LogP contribution in [0.4, 0.5) is 17.6 Å². The number of carboxylic acid groups (broad SMARTS) is 1. The Morgan fingerprint density at radius 2 is 1.53 bits per heavy atom. The van der Waals surface area contributed by atoms with Crippen molar-refractivity contribution in [2.24, 2.45) is 11.5 Å². The number of aryl methyl sites for hydroxylation is 1. The SMILES string of the molecule is CN(C(=O)[C@@H](N)CCc1ccccc1)[C@@H](CCCN)C(=O)NCCc1ccc(F)cc1.O=C(O)C(F)(F)F. The number of carbonyl (C=O) groups excluding carboxylic acids is 2. The number of aliphatic carboxylic acids is 1. The van der Waals surface area contributed by atoms with Crippen molar-refractivity contribution in [2.75, 3.05) is 20.1 Å². The first-order valence-corrected chi connectivity index (χ1v) is 11.9. The molecule has 0 spiro atoms. The van der Waals surface area contributed by atoms with E-state index in [4.69, 9.17) is 21.4 Å². The minimum absolute atomic E-state index is 0.235. The van der Waals surface area contributed by atoms with E-state index in [1.807, 2.05) is 30.3 Å². The van der Waals surface area contributed by atoms with E-state index in [9.17, 15) is 27.2 Å². The number of rotatable bonds is 12. The maximum Gasteiger partial charge on any atom is 0.490 e. The average molecular weight is 543 g/mol. The molecule has 38 heavy (non-hydrogen) atoms. The molecule has 2 atom stereocenters. The number of hydrogen-bond donors (Lipinski definition) is 4. The Morgan fingerprint density at radius 3 is 2.05 bits per heavy atom. The topological polar surface area (TPSA) is 139 Å². The van der Waals surface area contributed by atoms with Gasteiger partial charge in [-0.1, -0.05) is 42.5 Å². The molecular formula is C26H34F4N4O4. The highest BCUT2D eigenvalue weighted by Crippen LogP contribution is 2.13. The summed E-state index contributed by atoms with van der Waals surface area (Å²) >= 11 is 0. The van der Waals surface area contributed by atoms with Gasteiger partial charge in [0.2, 0.25) is 11.8 Å². The minimum Gasteiger partial charge on any atom is -0.475 e. The summed E-state index contributed by atoms with van der Waals surface area (Å²) in [5, 5.41) is 10.0. The number of carbonyl (C=O) groups is 3. The molecule has 0 bridgehead atoms. The molecule has 2 aromatic carbocycles.